The molecular weight excluding hydrogens is 415 g/mol. The average Bonchev–Trinajstić information content (AvgIpc) is 3.38. The first-order valence-corrected chi connectivity index (χ1v) is 11.4. The minimum absolute atomic E-state index is 0.000766. The van der Waals surface area contributed by atoms with Crippen molar-refractivity contribution >= 4 is 27.5 Å². The highest BCUT2D eigenvalue weighted by molar-refractivity contribution is 7.18. The lowest BCUT2D eigenvalue weighted by molar-refractivity contribution is -0.129. The number of benzene rings is 1. The monoisotopic (exact) mass is 440 g/mol. The third kappa shape index (κ3) is 4.02. The van der Waals surface area contributed by atoms with Crippen molar-refractivity contribution in [1.29, 1.82) is 0 Å². The van der Waals surface area contributed by atoms with Gasteiger partial charge in [0.2, 0.25) is 11.8 Å². The number of nitrogens with zero attached hydrogens (tertiary/aromatic N) is 4. The van der Waals surface area contributed by atoms with Crippen molar-refractivity contribution in [3.63, 3.8) is 0 Å². The second-order valence-electron chi connectivity index (χ2n) is 8.53. The first-order chi connectivity index (χ1) is 14.9. The molecule has 0 unspecified atom stereocenters. The van der Waals surface area contributed by atoms with E-state index in [1.165, 1.54) is 11.3 Å². The molecule has 2 aromatic heterocycles. The summed E-state index contributed by atoms with van der Waals surface area (Å²) in [6.45, 7) is 8.06. The van der Waals surface area contributed by atoms with Gasteiger partial charge in [-0.3, -0.25) is 9.69 Å². The molecule has 2 atom stereocenters. The van der Waals surface area contributed by atoms with Crippen molar-refractivity contribution in [2.24, 2.45) is 0 Å². The molecule has 162 valence electrons. The summed E-state index contributed by atoms with van der Waals surface area (Å²) in [5.41, 5.74) is 3.52. The Kier molecular flexibility index (Phi) is 5.14. The number of pyridine rings is 1. The molecular formula is C23H25FN4O2S. The molecule has 0 bridgehead atoms. The number of carbonyl (C=O) groups excluding carboxylic acids is 1. The predicted molar refractivity (Wildman–Crippen MR) is 117 cm³/mol. The summed E-state index contributed by atoms with van der Waals surface area (Å²) in [6.07, 6.45) is 0.858. The number of likely N-dealkylation sites (tertiary alicyclic amines) is 1. The van der Waals surface area contributed by atoms with Gasteiger partial charge in [-0.25, -0.2) is 14.4 Å². The van der Waals surface area contributed by atoms with Crippen LogP contribution in [0.2, 0.25) is 0 Å². The summed E-state index contributed by atoms with van der Waals surface area (Å²) in [5.74, 6) is 0.468. The van der Waals surface area contributed by atoms with Gasteiger partial charge in [0, 0.05) is 50.7 Å². The number of aromatic nitrogens is 2. The Labute approximate surface area is 184 Å². The highest BCUT2D eigenvalue weighted by Crippen LogP contribution is 2.29. The first kappa shape index (κ1) is 20.3. The Morgan fingerprint density at radius 3 is 2.94 bits per heavy atom. The molecule has 2 aliphatic heterocycles. The van der Waals surface area contributed by atoms with Crippen LogP contribution in [0.4, 0.5) is 4.39 Å². The lowest BCUT2D eigenvalue weighted by atomic mass is 10.1. The molecule has 3 aromatic rings. The zero-order valence-electron chi connectivity index (χ0n) is 17.9. The fourth-order valence-corrected chi connectivity index (χ4v) is 5.33. The highest BCUT2D eigenvalue weighted by Gasteiger charge is 2.32. The van der Waals surface area contributed by atoms with Gasteiger partial charge in [-0.1, -0.05) is 0 Å². The Morgan fingerprint density at radius 2 is 2.13 bits per heavy atom. The number of hydrogen-bond acceptors (Lipinski definition) is 6. The summed E-state index contributed by atoms with van der Waals surface area (Å²) in [5, 5.41) is 0.947. The summed E-state index contributed by atoms with van der Waals surface area (Å²) in [7, 11) is 0. The van der Waals surface area contributed by atoms with Crippen molar-refractivity contribution < 1.29 is 13.9 Å². The normalized spacial score (nSPS) is 21.1. The molecule has 1 saturated heterocycles. The SMILES string of the molecule is CC(=O)N1Cc2ccc(O[C@H]3C[C@H](C)N(Cc4cc5nc(C)sc5cc4F)C3)nc2C1. The topological polar surface area (TPSA) is 58.6 Å². The lowest BCUT2D eigenvalue weighted by Gasteiger charge is -2.21. The molecule has 0 N–H and O–H groups in total. The molecule has 1 aromatic carbocycles. The Hall–Kier alpha value is -2.58. The Bertz CT molecular complexity index is 1160. The molecule has 0 radical (unpaired) electrons. The zero-order valence-corrected chi connectivity index (χ0v) is 18.7. The lowest BCUT2D eigenvalue weighted by Crippen LogP contribution is -2.28. The maximum Gasteiger partial charge on any atom is 0.220 e. The van der Waals surface area contributed by atoms with Crippen molar-refractivity contribution in [2.45, 2.75) is 59.0 Å². The van der Waals surface area contributed by atoms with Gasteiger partial charge in [0.15, 0.2) is 0 Å². The van der Waals surface area contributed by atoms with Crippen molar-refractivity contribution in [2.75, 3.05) is 6.54 Å². The van der Waals surface area contributed by atoms with E-state index in [0.29, 0.717) is 37.6 Å². The summed E-state index contributed by atoms with van der Waals surface area (Å²) in [6, 6.07) is 7.63. The van der Waals surface area contributed by atoms with Crippen LogP contribution < -0.4 is 4.74 Å². The third-order valence-corrected chi connectivity index (χ3v) is 7.11. The van der Waals surface area contributed by atoms with E-state index in [-0.39, 0.29) is 23.9 Å². The van der Waals surface area contributed by atoms with E-state index >= 15 is 0 Å². The van der Waals surface area contributed by atoms with Gasteiger partial charge in [0.05, 0.1) is 27.5 Å². The maximum atomic E-state index is 14.7. The second kappa shape index (κ2) is 7.84. The largest absolute Gasteiger partial charge is 0.473 e. The Morgan fingerprint density at radius 1 is 1.29 bits per heavy atom. The molecule has 1 amide bonds. The van der Waals surface area contributed by atoms with Crippen LogP contribution in [0.5, 0.6) is 5.88 Å². The predicted octanol–water partition coefficient (Wildman–Crippen LogP) is 4.04. The summed E-state index contributed by atoms with van der Waals surface area (Å²) in [4.78, 5) is 24.8. The first-order valence-electron chi connectivity index (χ1n) is 10.6. The van der Waals surface area contributed by atoms with Crippen molar-refractivity contribution in [1.82, 2.24) is 19.8 Å². The summed E-state index contributed by atoms with van der Waals surface area (Å²) >= 11 is 1.52. The molecule has 5 rings (SSSR count). The number of amides is 1. The van der Waals surface area contributed by atoms with Gasteiger partial charge in [-0.2, -0.15) is 0 Å². The zero-order chi connectivity index (χ0) is 21.7. The molecule has 4 heterocycles. The minimum atomic E-state index is -0.178. The molecule has 31 heavy (non-hydrogen) atoms. The second-order valence-corrected chi connectivity index (χ2v) is 9.76. The molecule has 0 spiro atoms. The van der Waals surface area contributed by atoms with Gasteiger partial charge in [-0.15, -0.1) is 11.3 Å². The van der Waals surface area contributed by atoms with Gasteiger partial charge in [-0.05, 0) is 37.6 Å². The fourth-order valence-electron chi connectivity index (χ4n) is 4.49. The van der Waals surface area contributed by atoms with E-state index in [4.69, 9.17) is 4.74 Å². The van der Waals surface area contributed by atoms with Crippen LogP contribution in [0.3, 0.4) is 0 Å². The van der Waals surface area contributed by atoms with E-state index in [0.717, 1.165) is 32.9 Å². The van der Waals surface area contributed by atoms with E-state index in [1.54, 1.807) is 17.9 Å². The number of fused-ring (bicyclic) bond motifs is 2. The van der Waals surface area contributed by atoms with Crippen LogP contribution >= 0.6 is 11.3 Å². The summed E-state index contributed by atoms with van der Waals surface area (Å²) < 4.78 is 21.7. The van der Waals surface area contributed by atoms with E-state index in [9.17, 15) is 9.18 Å². The van der Waals surface area contributed by atoms with Crippen LogP contribution in [0.1, 0.15) is 42.1 Å². The average molecular weight is 441 g/mol. The van der Waals surface area contributed by atoms with Crippen LogP contribution in [-0.2, 0) is 24.4 Å². The molecule has 0 saturated carbocycles. The smallest absolute Gasteiger partial charge is 0.220 e. The van der Waals surface area contributed by atoms with Gasteiger partial charge < -0.3 is 9.64 Å². The van der Waals surface area contributed by atoms with E-state index in [2.05, 4.69) is 21.8 Å². The van der Waals surface area contributed by atoms with Gasteiger partial charge in [0.1, 0.15) is 11.9 Å². The molecule has 0 aliphatic carbocycles. The quantitative estimate of drug-likeness (QED) is 0.613. The number of halogens is 1. The van der Waals surface area contributed by atoms with Crippen LogP contribution in [0.15, 0.2) is 24.3 Å². The number of thiazole rings is 1. The molecule has 6 nitrogen and oxygen atoms in total. The molecule has 8 heteroatoms. The fraction of sp³-hybridized carbons (Fsp3) is 0.435. The third-order valence-electron chi connectivity index (χ3n) is 6.18. The minimum Gasteiger partial charge on any atom is -0.473 e. The van der Waals surface area contributed by atoms with Gasteiger partial charge in [0.25, 0.3) is 0 Å². The number of ether oxygens (including phenoxy) is 1. The van der Waals surface area contributed by atoms with Crippen molar-refractivity contribution in [3.8, 4) is 5.88 Å². The maximum absolute atomic E-state index is 14.7. The molecule has 1 fully saturated rings. The Balaban J connectivity index is 1.26. The van der Waals surface area contributed by atoms with Crippen molar-refractivity contribution in [3.05, 3.63) is 51.9 Å². The van der Waals surface area contributed by atoms with Crippen LogP contribution in [-0.4, -0.2) is 44.4 Å². The van der Waals surface area contributed by atoms with Crippen LogP contribution in [0, 0.1) is 12.7 Å². The van der Waals surface area contributed by atoms with E-state index < -0.39 is 0 Å². The van der Waals surface area contributed by atoms with Crippen LogP contribution in [0.25, 0.3) is 10.2 Å². The van der Waals surface area contributed by atoms with E-state index in [1.807, 2.05) is 25.1 Å². The number of hydrogen-bond donors (Lipinski definition) is 0. The number of carbonyl (C=O) groups is 1. The molecule has 2 aliphatic rings. The van der Waals surface area contributed by atoms with Gasteiger partial charge >= 0.3 is 0 Å². The highest BCUT2D eigenvalue weighted by atomic mass is 32.1. The number of aryl methyl sites for hydroxylation is 1. The standard InChI is InChI=1S/C23H25FN4O2S/c1-13-6-18(30-23-5-4-16-9-28(15(3)29)12-21(16)26-23)11-27(13)10-17-7-20-22(8-19(17)24)31-14(2)25-20/h4-5,7-8,13,18H,6,9-12H2,1-3H3/t13-,18-/m0/s1. The number of rotatable bonds is 4.